The first-order valence-corrected chi connectivity index (χ1v) is 5.68. The minimum Gasteiger partial charge on any atom is -0.480 e. The van der Waals surface area contributed by atoms with Gasteiger partial charge in [-0.3, -0.25) is 4.79 Å². The second kappa shape index (κ2) is 5.18. The third kappa shape index (κ3) is 2.87. The van der Waals surface area contributed by atoms with Gasteiger partial charge in [0.1, 0.15) is 6.54 Å². The lowest BCUT2D eigenvalue weighted by Gasteiger charge is -2.40. The Hall–Kier alpha value is -1.26. The van der Waals surface area contributed by atoms with E-state index in [0.29, 0.717) is 0 Å². The molecule has 1 fully saturated rings. The second-order valence-electron chi connectivity index (χ2n) is 4.57. The summed E-state index contributed by atoms with van der Waals surface area (Å²) >= 11 is 0. The third-order valence-corrected chi connectivity index (χ3v) is 3.11. The molecule has 0 radical (unpaired) electrons. The molecule has 92 valence electrons. The van der Waals surface area contributed by atoms with E-state index in [1.54, 1.807) is 4.90 Å². The fraction of sp³-hybridized carbons (Fsp3) is 0.818. The quantitative estimate of drug-likeness (QED) is 0.776. The van der Waals surface area contributed by atoms with Crippen molar-refractivity contribution in [1.29, 1.82) is 0 Å². The molecule has 5 nitrogen and oxygen atoms in total. The Balaban J connectivity index is 2.66. The summed E-state index contributed by atoms with van der Waals surface area (Å²) in [4.78, 5) is 25.7. The summed E-state index contributed by atoms with van der Waals surface area (Å²) in [5, 5.41) is 8.65. The van der Waals surface area contributed by atoms with Crippen LogP contribution in [0.15, 0.2) is 0 Å². The first kappa shape index (κ1) is 12.8. The molecule has 1 rings (SSSR count). The molecule has 1 heterocycles. The fourth-order valence-electron chi connectivity index (χ4n) is 2.27. The Morgan fingerprint density at radius 2 is 1.81 bits per heavy atom. The number of urea groups is 1. The summed E-state index contributed by atoms with van der Waals surface area (Å²) in [7, 11) is 1.53. The van der Waals surface area contributed by atoms with Crippen LogP contribution in [-0.2, 0) is 4.79 Å². The largest absolute Gasteiger partial charge is 0.480 e. The van der Waals surface area contributed by atoms with Crippen LogP contribution in [0.2, 0.25) is 0 Å². The van der Waals surface area contributed by atoms with E-state index in [9.17, 15) is 9.59 Å². The predicted octanol–water partition coefficient (Wildman–Crippen LogP) is 1.39. The Labute approximate surface area is 96.0 Å². The highest BCUT2D eigenvalue weighted by molar-refractivity contribution is 5.80. The van der Waals surface area contributed by atoms with Crippen molar-refractivity contribution in [3.8, 4) is 0 Å². The van der Waals surface area contributed by atoms with Gasteiger partial charge in [0.15, 0.2) is 0 Å². The van der Waals surface area contributed by atoms with Gasteiger partial charge in [0, 0.05) is 19.1 Å². The highest BCUT2D eigenvalue weighted by Gasteiger charge is 2.31. The van der Waals surface area contributed by atoms with Crippen LogP contribution in [0.3, 0.4) is 0 Å². The van der Waals surface area contributed by atoms with Gasteiger partial charge in [0.05, 0.1) is 0 Å². The molecule has 1 saturated heterocycles. The van der Waals surface area contributed by atoms with Gasteiger partial charge < -0.3 is 14.9 Å². The predicted molar refractivity (Wildman–Crippen MR) is 60.3 cm³/mol. The van der Waals surface area contributed by atoms with E-state index < -0.39 is 5.97 Å². The molecular weight excluding hydrogens is 208 g/mol. The highest BCUT2D eigenvalue weighted by Crippen LogP contribution is 2.23. The van der Waals surface area contributed by atoms with Crippen molar-refractivity contribution in [1.82, 2.24) is 9.80 Å². The zero-order valence-electron chi connectivity index (χ0n) is 10.1. The number of carbonyl (C=O) groups excluding carboxylic acids is 1. The molecule has 0 saturated carbocycles. The van der Waals surface area contributed by atoms with E-state index in [1.807, 2.05) is 13.8 Å². The van der Waals surface area contributed by atoms with Gasteiger partial charge in [-0.05, 0) is 33.1 Å². The summed E-state index contributed by atoms with van der Waals surface area (Å²) in [5.74, 6) is -0.979. The zero-order valence-corrected chi connectivity index (χ0v) is 10.1. The monoisotopic (exact) mass is 228 g/mol. The molecule has 1 aliphatic heterocycles. The van der Waals surface area contributed by atoms with Crippen LogP contribution in [-0.4, -0.2) is 52.6 Å². The van der Waals surface area contributed by atoms with E-state index >= 15 is 0 Å². The number of nitrogens with zero attached hydrogens (tertiary/aromatic N) is 2. The first-order chi connectivity index (χ1) is 7.43. The third-order valence-electron chi connectivity index (χ3n) is 3.11. The van der Waals surface area contributed by atoms with Crippen LogP contribution in [0.4, 0.5) is 4.79 Å². The molecule has 0 aromatic rings. The van der Waals surface area contributed by atoms with Crippen molar-refractivity contribution in [2.45, 2.75) is 45.2 Å². The summed E-state index contributed by atoms with van der Waals surface area (Å²) in [5.41, 5.74) is 0. The minimum absolute atomic E-state index is 0.179. The number of likely N-dealkylation sites (tertiary alicyclic amines) is 1. The minimum atomic E-state index is -0.979. The zero-order chi connectivity index (χ0) is 12.3. The van der Waals surface area contributed by atoms with E-state index in [0.717, 1.165) is 19.3 Å². The molecule has 0 bridgehead atoms. The van der Waals surface area contributed by atoms with Gasteiger partial charge in [0.25, 0.3) is 0 Å². The molecule has 1 N–H and O–H groups in total. The summed E-state index contributed by atoms with van der Waals surface area (Å²) in [6.45, 7) is 3.79. The number of hydrogen-bond donors (Lipinski definition) is 1. The van der Waals surface area contributed by atoms with Gasteiger partial charge in [0.2, 0.25) is 0 Å². The van der Waals surface area contributed by atoms with Crippen LogP contribution < -0.4 is 0 Å². The van der Waals surface area contributed by atoms with E-state index in [4.69, 9.17) is 5.11 Å². The molecule has 0 unspecified atom stereocenters. The first-order valence-electron chi connectivity index (χ1n) is 5.68. The normalized spacial score (nSPS) is 25.3. The van der Waals surface area contributed by atoms with Crippen molar-refractivity contribution >= 4 is 12.0 Å². The van der Waals surface area contributed by atoms with Gasteiger partial charge in [-0.15, -0.1) is 0 Å². The van der Waals surface area contributed by atoms with Gasteiger partial charge in [-0.25, -0.2) is 4.79 Å². The number of rotatable bonds is 2. The van der Waals surface area contributed by atoms with Gasteiger partial charge in [-0.1, -0.05) is 0 Å². The lowest BCUT2D eigenvalue weighted by atomic mass is 9.98. The second-order valence-corrected chi connectivity index (χ2v) is 4.57. The molecule has 0 spiro atoms. The number of hydrogen-bond acceptors (Lipinski definition) is 2. The maximum absolute atomic E-state index is 12.0. The van der Waals surface area contributed by atoms with Crippen molar-refractivity contribution in [2.75, 3.05) is 13.6 Å². The Morgan fingerprint density at radius 3 is 2.25 bits per heavy atom. The molecule has 1 aliphatic rings. The topological polar surface area (TPSA) is 60.9 Å². The Kier molecular flexibility index (Phi) is 4.15. The molecule has 16 heavy (non-hydrogen) atoms. The van der Waals surface area contributed by atoms with Gasteiger partial charge in [-0.2, -0.15) is 0 Å². The fourth-order valence-corrected chi connectivity index (χ4v) is 2.27. The van der Waals surface area contributed by atoms with Crippen LogP contribution in [0.25, 0.3) is 0 Å². The van der Waals surface area contributed by atoms with Crippen molar-refractivity contribution in [2.24, 2.45) is 0 Å². The number of likely N-dealkylation sites (N-methyl/N-ethyl adjacent to an activating group) is 1. The lowest BCUT2D eigenvalue weighted by molar-refractivity contribution is -0.137. The van der Waals surface area contributed by atoms with Crippen molar-refractivity contribution in [3.63, 3.8) is 0 Å². The van der Waals surface area contributed by atoms with Crippen LogP contribution in [0, 0.1) is 0 Å². The van der Waals surface area contributed by atoms with E-state index in [-0.39, 0.29) is 24.7 Å². The average Bonchev–Trinajstić information content (AvgIpc) is 2.16. The average molecular weight is 228 g/mol. The maximum atomic E-state index is 12.0. The highest BCUT2D eigenvalue weighted by atomic mass is 16.4. The Morgan fingerprint density at radius 1 is 1.31 bits per heavy atom. The number of carboxylic acids is 1. The number of amides is 2. The molecule has 5 heteroatoms. The molecule has 0 aromatic heterocycles. The van der Waals surface area contributed by atoms with E-state index in [2.05, 4.69) is 0 Å². The summed E-state index contributed by atoms with van der Waals surface area (Å²) < 4.78 is 0. The van der Waals surface area contributed by atoms with Crippen LogP contribution in [0.5, 0.6) is 0 Å². The maximum Gasteiger partial charge on any atom is 0.323 e. The smallest absolute Gasteiger partial charge is 0.323 e. The van der Waals surface area contributed by atoms with Crippen molar-refractivity contribution < 1.29 is 14.7 Å². The van der Waals surface area contributed by atoms with E-state index in [1.165, 1.54) is 11.9 Å². The van der Waals surface area contributed by atoms with Crippen LogP contribution >= 0.6 is 0 Å². The number of carbonyl (C=O) groups is 2. The molecule has 0 aromatic carbocycles. The lowest BCUT2D eigenvalue weighted by Crippen LogP contribution is -2.53. The number of aliphatic carboxylic acids is 1. The SMILES string of the molecule is C[C@@H]1CCC[C@H](C)N1C(=O)N(C)CC(=O)O. The molecule has 2 atom stereocenters. The summed E-state index contributed by atoms with van der Waals surface area (Å²) in [6, 6.07) is 0.224. The van der Waals surface area contributed by atoms with Crippen molar-refractivity contribution in [3.05, 3.63) is 0 Å². The number of carboxylic acid groups (broad SMARTS) is 1. The number of piperidine rings is 1. The molecule has 0 aliphatic carbocycles. The van der Waals surface area contributed by atoms with Crippen LogP contribution in [0.1, 0.15) is 33.1 Å². The standard InChI is InChI=1S/C11H20N2O3/c1-8-5-4-6-9(2)13(8)11(16)12(3)7-10(14)15/h8-9H,4-7H2,1-3H3,(H,14,15)/t8-,9+. The summed E-state index contributed by atoms with van der Waals surface area (Å²) in [6.07, 6.45) is 3.13. The Bertz CT molecular complexity index is 270. The van der Waals surface area contributed by atoms with Gasteiger partial charge >= 0.3 is 12.0 Å². The molecular formula is C11H20N2O3. The molecule has 2 amide bonds.